The molecule has 6 heteroatoms. The van der Waals surface area contributed by atoms with E-state index in [4.69, 9.17) is 0 Å². The second-order valence-corrected chi connectivity index (χ2v) is 4.81. The van der Waals surface area contributed by atoms with Gasteiger partial charge in [0, 0.05) is 0 Å². The number of rotatable bonds is 4. The van der Waals surface area contributed by atoms with Gasteiger partial charge in [-0.3, -0.25) is 4.79 Å². The molecule has 1 N–H and O–H groups in total. The number of hydrogen-bond acceptors (Lipinski definition) is 4. The summed E-state index contributed by atoms with van der Waals surface area (Å²) in [6, 6.07) is 15.7. The third kappa shape index (κ3) is 4.20. The van der Waals surface area contributed by atoms with Crippen LogP contribution in [-0.4, -0.2) is 17.2 Å². The number of alkyl carbamates (subject to hydrolysis) is 1. The summed E-state index contributed by atoms with van der Waals surface area (Å²) in [4.78, 5) is 35.1. The van der Waals surface area contributed by atoms with E-state index in [0.717, 1.165) is 0 Å². The molecular formula is C16H13NO4S. The minimum atomic E-state index is -1.01. The lowest BCUT2D eigenvalue weighted by Crippen LogP contribution is -2.33. The van der Waals surface area contributed by atoms with Gasteiger partial charge in [0.15, 0.2) is 0 Å². The Balaban J connectivity index is 2.03. The molecular weight excluding hydrogens is 302 g/mol. The van der Waals surface area contributed by atoms with E-state index in [1.807, 2.05) is 0 Å². The molecule has 2 aromatic rings. The Bertz CT molecular complexity index is 673. The van der Waals surface area contributed by atoms with Crippen LogP contribution < -0.4 is 5.32 Å². The lowest BCUT2D eigenvalue weighted by molar-refractivity contribution is -0.112. The van der Waals surface area contributed by atoms with E-state index >= 15 is 0 Å². The topological polar surface area (TPSA) is 72.5 Å². The quantitative estimate of drug-likeness (QED) is 0.517. The van der Waals surface area contributed by atoms with Crippen molar-refractivity contribution in [2.75, 3.05) is 0 Å². The Kier molecular flexibility index (Phi) is 5.32. The first kappa shape index (κ1) is 15.8. The van der Waals surface area contributed by atoms with E-state index < -0.39 is 23.2 Å². The fourth-order valence-electron chi connectivity index (χ4n) is 1.80. The zero-order valence-electron chi connectivity index (χ0n) is 11.4. The minimum absolute atomic E-state index is 0.242. The number of hydrogen-bond donors (Lipinski definition) is 2. The number of esters is 1. The molecule has 2 aromatic carbocycles. The first-order chi connectivity index (χ1) is 10.6. The Hall–Kier alpha value is -2.60. The van der Waals surface area contributed by atoms with E-state index in [2.05, 4.69) is 22.7 Å². The molecule has 1 atom stereocenters. The predicted octanol–water partition coefficient (Wildman–Crippen LogP) is 2.75. The Morgan fingerprint density at radius 1 is 0.909 bits per heavy atom. The summed E-state index contributed by atoms with van der Waals surface area (Å²) in [7, 11) is 0. The van der Waals surface area contributed by atoms with Crippen molar-refractivity contribution in [1.29, 1.82) is 0 Å². The minimum Gasteiger partial charge on any atom is -0.373 e. The predicted molar refractivity (Wildman–Crippen MR) is 83.6 cm³/mol. The summed E-state index contributed by atoms with van der Waals surface area (Å²) in [6.45, 7) is 0. The van der Waals surface area contributed by atoms with Crippen LogP contribution in [0.3, 0.4) is 0 Å². The SMILES string of the molecule is O=C(NC(C(=O)S)c1ccccc1)OC(=O)c1ccccc1. The summed E-state index contributed by atoms with van der Waals surface area (Å²) in [5.74, 6) is -0.795. The maximum Gasteiger partial charge on any atom is 0.416 e. The largest absolute Gasteiger partial charge is 0.416 e. The molecule has 0 aliphatic heterocycles. The highest BCUT2D eigenvalue weighted by molar-refractivity contribution is 7.96. The van der Waals surface area contributed by atoms with Gasteiger partial charge in [-0.05, 0) is 17.7 Å². The van der Waals surface area contributed by atoms with Crippen LogP contribution in [0.15, 0.2) is 60.7 Å². The van der Waals surface area contributed by atoms with E-state index in [1.165, 1.54) is 12.1 Å². The number of nitrogens with one attached hydrogen (secondary N) is 1. The lowest BCUT2D eigenvalue weighted by Gasteiger charge is -2.15. The van der Waals surface area contributed by atoms with Crippen molar-refractivity contribution in [2.24, 2.45) is 0 Å². The fourth-order valence-corrected chi connectivity index (χ4v) is 2.01. The van der Waals surface area contributed by atoms with Crippen LogP contribution in [0, 0.1) is 0 Å². The van der Waals surface area contributed by atoms with Gasteiger partial charge >= 0.3 is 12.1 Å². The Morgan fingerprint density at radius 2 is 1.45 bits per heavy atom. The molecule has 1 unspecified atom stereocenters. The second-order valence-electron chi connectivity index (χ2n) is 4.37. The van der Waals surface area contributed by atoms with Crippen LogP contribution in [0.5, 0.6) is 0 Å². The first-order valence-electron chi connectivity index (χ1n) is 6.43. The Morgan fingerprint density at radius 3 is 2.00 bits per heavy atom. The molecule has 0 aromatic heterocycles. The smallest absolute Gasteiger partial charge is 0.373 e. The number of amides is 1. The molecule has 0 saturated carbocycles. The fraction of sp³-hybridized carbons (Fsp3) is 0.0625. The summed E-state index contributed by atoms with van der Waals surface area (Å²) < 4.78 is 4.66. The molecule has 0 aliphatic rings. The molecule has 0 aliphatic carbocycles. The zero-order chi connectivity index (χ0) is 15.9. The molecule has 0 radical (unpaired) electrons. The van der Waals surface area contributed by atoms with Gasteiger partial charge in [-0.2, -0.15) is 0 Å². The van der Waals surface area contributed by atoms with Crippen LogP contribution >= 0.6 is 12.6 Å². The molecule has 0 heterocycles. The number of ether oxygens (including phenoxy) is 1. The number of carbonyl (C=O) groups is 3. The zero-order valence-corrected chi connectivity index (χ0v) is 12.3. The van der Waals surface area contributed by atoms with Crippen molar-refractivity contribution >= 4 is 29.8 Å². The maximum atomic E-state index is 11.8. The van der Waals surface area contributed by atoms with Gasteiger partial charge in [-0.25, -0.2) is 9.59 Å². The van der Waals surface area contributed by atoms with Crippen molar-refractivity contribution in [2.45, 2.75) is 6.04 Å². The van der Waals surface area contributed by atoms with Gasteiger partial charge in [0.2, 0.25) is 5.12 Å². The molecule has 0 spiro atoms. The lowest BCUT2D eigenvalue weighted by atomic mass is 10.1. The third-order valence-electron chi connectivity index (χ3n) is 2.84. The molecule has 112 valence electrons. The van der Waals surface area contributed by atoms with E-state index in [0.29, 0.717) is 5.56 Å². The Labute approximate surface area is 132 Å². The van der Waals surface area contributed by atoms with Crippen molar-refractivity contribution in [3.63, 3.8) is 0 Å². The highest BCUT2D eigenvalue weighted by atomic mass is 32.1. The van der Waals surface area contributed by atoms with Crippen LogP contribution in [-0.2, 0) is 9.53 Å². The normalized spacial score (nSPS) is 11.3. The van der Waals surface area contributed by atoms with Gasteiger partial charge in [-0.15, -0.1) is 12.6 Å². The number of benzene rings is 2. The summed E-state index contributed by atoms with van der Waals surface area (Å²) in [6.07, 6.45) is -1.01. The van der Waals surface area contributed by atoms with Crippen LogP contribution in [0.4, 0.5) is 4.79 Å². The van der Waals surface area contributed by atoms with Gasteiger partial charge in [0.05, 0.1) is 5.56 Å². The molecule has 0 fully saturated rings. The monoisotopic (exact) mass is 315 g/mol. The van der Waals surface area contributed by atoms with Crippen molar-refractivity contribution in [3.05, 3.63) is 71.8 Å². The van der Waals surface area contributed by atoms with Crippen LogP contribution in [0.25, 0.3) is 0 Å². The summed E-state index contributed by atoms with van der Waals surface area (Å²) in [5.41, 5.74) is 0.790. The van der Waals surface area contributed by atoms with E-state index in [9.17, 15) is 14.4 Å². The summed E-state index contributed by atoms with van der Waals surface area (Å²) >= 11 is 3.75. The highest BCUT2D eigenvalue weighted by Gasteiger charge is 2.22. The molecule has 22 heavy (non-hydrogen) atoms. The molecule has 5 nitrogen and oxygen atoms in total. The van der Waals surface area contributed by atoms with E-state index in [-0.39, 0.29) is 5.56 Å². The van der Waals surface area contributed by atoms with Gasteiger partial charge in [0.25, 0.3) is 0 Å². The summed E-state index contributed by atoms with van der Waals surface area (Å²) in [5, 5.41) is 1.77. The highest BCUT2D eigenvalue weighted by Crippen LogP contribution is 2.15. The molecule has 1 amide bonds. The average Bonchev–Trinajstić information content (AvgIpc) is 2.54. The van der Waals surface area contributed by atoms with Gasteiger partial charge < -0.3 is 10.1 Å². The molecule has 0 bridgehead atoms. The third-order valence-corrected chi connectivity index (χ3v) is 3.10. The van der Waals surface area contributed by atoms with Crippen LogP contribution in [0.2, 0.25) is 0 Å². The standard InChI is InChI=1S/C16H13NO4S/c18-14(12-9-5-2-6-10-12)21-16(20)17-13(15(19)22)11-7-3-1-4-8-11/h1-10,13H,(H,17,20)(H,19,22). The number of carbonyl (C=O) groups excluding carboxylic acids is 3. The van der Waals surface area contributed by atoms with Crippen LogP contribution in [0.1, 0.15) is 22.0 Å². The van der Waals surface area contributed by atoms with E-state index in [1.54, 1.807) is 48.5 Å². The average molecular weight is 315 g/mol. The molecule has 0 saturated heterocycles. The number of thiol groups is 1. The second kappa shape index (κ2) is 7.42. The van der Waals surface area contributed by atoms with Gasteiger partial charge in [0.1, 0.15) is 6.04 Å². The van der Waals surface area contributed by atoms with Crippen molar-refractivity contribution in [3.8, 4) is 0 Å². The maximum absolute atomic E-state index is 11.8. The van der Waals surface area contributed by atoms with Crippen molar-refractivity contribution < 1.29 is 19.1 Å². The van der Waals surface area contributed by atoms with Crippen molar-refractivity contribution in [1.82, 2.24) is 5.32 Å². The van der Waals surface area contributed by atoms with Gasteiger partial charge in [-0.1, -0.05) is 48.5 Å². The molecule has 2 rings (SSSR count). The first-order valence-corrected chi connectivity index (χ1v) is 6.88.